The summed E-state index contributed by atoms with van der Waals surface area (Å²) in [6.07, 6.45) is 0. The van der Waals surface area contributed by atoms with Crippen LogP contribution in [0.4, 0.5) is 17.1 Å². The van der Waals surface area contributed by atoms with Crippen molar-refractivity contribution < 1.29 is 4.42 Å². The number of anilines is 3. The minimum atomic E-state index is 0.913. The van der Waals surface area contributed by atoms with Crippen LogP contribution in [0.1, 0.15) is 0 Å². The topological polar surface area (TPSA) is 21.3 Å². The highest BCUT2D eigenvalue weighted by Gasteiger charge is 2.18. The fourth-order valence-electron chi connectivity index (χ4n) is 6.69. The number of benzene rings is 7. The van der Waals surface area contributed by atoms with E-state index < -0.39 is 0 Å². The summed E-state index contributed by atoms with van der Waals surface area (Å²) in [5.41, 5.74) is 11.0. The zero-order valence-electron chi connectivity index (χ0n) is 24.5. The van der Waals surface area contributed by atoms with Crippen molar-refractivity contribution >= 4 is 60.8 Å². The molecule has 0 aliphatic carbocycles. The summed E-state index contributed by atoms with van der Waals surface area (Å²) in [5.74, 6) is 0. The van der Waals surface area contributed by atoms with Crippen LogP contribution < -0.4 is 4.90 Å². The van der Waals surface area contributed by atoms with Gasteiger partial charge in [-0.1, -0.05) is 91.0 Å². The Bertz CT molecular complexity index is 2440. The molecule has 2 heterocycles. The van der Waals surface area contributed by atoms with Gasteiger partial charge in [-0.2, -0.15) is 0 Å². The van der Waals surface area contributed by atoms with Gasteiger partial charge in [0.1, 0.15) is 11.2 Å². The van der Waals surface area contributed by atoms with Crippen LogP contribution >= 0.6 is 0 Å². The van der Waals surface area contributed by atoms with Crippen LogP contribution in [-0.4, -0.2) is 4.57 Å². The number of nitrogens with zero attached hydrogens (tertiary/aromatic N) is 2. The molecule has 0 fully saturated rings. The minimum Gasteiger partial charge on any atom is -0.456 e. The van der Waals surface area contributed by atoms with E-state index in [1.165, 1.54) is 32.9 Å². The number of para-hydroxylation sites is 4. The second-order valence-corrected chi connectivity index (χ2v) is 11.4. The van der Waals surface area contributed by atoms with Gasteiger partial charge in [0.15, 0.2) is 0 Å². The van der Waals surface area contributed by atoms with E-state index in [0.29, 0.717) is 0 Å². The van der Waals surface area contributed by atoms with Gasteiger partial charge in [-0.25, -0.2) is 0 Å². The molecule has 0 bridgehead atoms. The smallest absolute Gasteiger partial charge is 0.135 e. The van der Waals surface area contributed by atoms with E-state index in [-0.39, 0.29) is 0 Å². The maximum absolute atomic E-state index is 6.11. The lowest BCUT2D eigenvalue weighted by molar-refractivity contribution is 0.669. The Hall–Kier alpha value is -6.06. The number of furan rings is 1. The Balaban J connectivity index is 1.27. The second kappa shape index (κ2) is 10.3. The first-order chi connectivity index (χ1) is 22.3. The van der Waals surface area contributed by atoms with Gasteiger partial charge in [-0.15, -0.1) is 0 Å². The summed E-state index contributed by atoms with van der Waals surface area (Å²) >= 11 is 0. The van der Waals surface area contributed by atoms with Crippen LogP contribution in [0.15, 0.2) is 174 Å². The maximum Gasteiger partial charge on any atom is 0.135 e. The van der Waals surface area contributed by atoms with Crippen molar-refractivity contribution in [2.75, 3.05) is 4.90 Å². The molecule has 0 saturated carbocycles. The molecule has 3 nitrogen and oxygen atoms in total. The van der Waals surface area contributed by atoms with E-state index in [1.807, 2.05) is 12.1 Å². The molecule has 0 saturated heterocycles. The lowest BCUT2D eigenvalue weighted by Crippen LogP contribution is -2.09. The Morgan fingerprint density at radius 1 is 0.378 bits per heavy atom. The van der Waals surface area contributed by atoms with Crippen LogP contribution in [0.25, 0.3) is 60.6 Å². The molecular weight excluding hydrogens is 548 g/mol. The fraction of sp³-hybridized carbons (Fsp3) is 0. The van der Waals surface area contributed by atoms with E-state index in [4.69, 9.17) is 4.42 Å². The molecule has 0 aliphatic heterocycles. The quantitative estimate of drug-likeness (QED) is 0.203. The van der Waals surface area contributed by atoms with E-state index in [1.54, 1.807) is 0 Å². The van der Waals surface area contributed by atoms with Gasteiger partial charge >= 0.3 is 0 Å². The molecule has 7 aromatic carbocycles. The first-order valence-electron chi connectivity index (χ1n) is 15.3. The highest BCUT2D eigenvalue weighted by molar-refractivity contribution is 6.12. The van der Waals surface area contributed by atoms with Gasteiger partial charge in [0.2, 0.25) is 0 Å². The first kappa shape index (κ1) is 25.4. The zero-order chi connectivity index (χ0) is 29.7. The molecule has 45 heavy (non-hydrogen) atoms. The van der Waals surface area contributed by atoms with Gasteiger partial charge in [0.05, 0.1) is 11.0 Å². The Kier molecular flexibility index (Phi) is 5.82. The second-order valence-electron chi connectivity index (χ2n) is 11.4. The highest BCUT2D eigenvalue weighted by atomic mass is 16.3. The average Bonchev–Trinajstić information content (AvgIpc) is 3.64. The summed E-state index contributed by atoms with van der Waals surface area (Å²) in [7, 11) is 0. The van der Waals surface area contributed by atoms with Crippen molar-refractivity contribution in [1.29, 1.82) is 0 Å². The van der Waals surface area contributed by atoms with Crippen LogP contribution in [0.2, 0.25) is 0 Å². The van der Waals surface area contributed by atoms with Crippen molar-refractivity contribution in [1.82, 2.24) is 4.57 Å². The molecule has 0 amide bonds. The molecule has 0 N–H and O–H groups in total. The van der Waals surface area contributed by atoms with E-state index in [2.05, 4.69) is 167 Å². The molecule has 3 heteroatoms. The Morgan fingerprint density at radius 2 is 0.978 bits per heavy atom. The molecule has 0 aliphatic rings. The van der Waals surface area contributed by atoms with Crippen molar-refractivity contribution in [3.63, 3.8) is 0 Å². The molecule has 0 radical (unpaired) electrons. The third-order valence-corrected chi connectivity index (χ3v) is 8.76. The van der Waals surface area contributed by atoms with Gasteiger partial charge in [0.25, 0.3) is 0 Å². The average molecular weight is 577 g/mol. The largest absolute Gasteiger partial charge is 0.456 e. The highest BCUT2D eigenvalue weighted by Crippen LogP contribution is 2.41. The number of hydrogen-bond donors (Lipinski definition) is 0. The predicted molar refractivity (Wildman–Crippen MR) is 188 cm³/mol. The van der Waals surface area contributed by atoms with E-state index in [9.17, 15) is 0 Å². The SMILES string of the molecule is c1ccc(N(c2ccccc2)c2ccc3c4cc(-c5ccc6oc7ccccc7c6c5)ccc4n(-c4ccccc4)c3c2)cc1. The molecule has 9 rings (SSSR count). The first-order valence-corrected chi connectivity index (χ1v) is 15.3. The summed E-state index contributed by atoms with van der Waals surface area (Å²) in [6, 6.07) is 60.3. The van der Waals surface area contributed by atoms with E-state index >= 15 is 0 Å². The van der Waals surface area contributed by atoms with Gasteiger partial charge in [-0.05, 0) is 90.0 Å². The summed E-state index contributed by atoms with van der Waals surface area (Å²) in [6.45, 7) is 0. The molecule has 0 spiro atoms. The van der Waals surface area contributed by atoms with E-state index in [0.717, 1.165) is 44.7 Å². The minimum absolute atomic E-state index is 0.913. The number of aromatic nitrogens is 1. The predicted octanol–water partition coefficient (Wildman–Crippen LogP) is 11.8. The van der Waals surface area contributed by atoms with Gasteiger partial charge in [0, 0.05) is 44.3 Å². The van der Waals surface area contributed by atoms with Crippen molar-refractivity contribution in [3.05, 3.63) is 170 Å². The molecule has 0 unspecified atom stereocenters. The standard InChI is InChI=1S/C42H28N2O/c1-4-12-31(13-5-1)43(32-14-6-2-7-15-32)34-22-23-35-37-26-29(20-24-39(37)44(40(35)28-34)33-16-8-3-9-17-33)30-21-25-42-38(27-30)36-18-10-11-19-41(36)45-42/h1-28H. The summed E-state index contributed by atoms with van der Waals surface area (Å²) in [5, 5.41) is 4.72. The van der Waals surface area contributed by atoms with Crippen molar-refractivity contribution in [3.8, 4) is 16.8 Å². The summed E-state index contributed by atoms with van der Waals surface area (Å²) in [4.78, 5) is 2.32. The molecule has 2 aromatic heterocycles. The van der Waals surface area contributed by atoms with Crippen molar-refractivity contribution in [2.24, 2.45) is 0 Å². The van der Waals surface area contributed by atoms with Gasteiger partial charge in [-0.3, -0.25) is 0 Å². The monoisotopic (exact) mass is 576 g/mol. The molecule has 9 aromatic rings. The summed E-state index contributed by atoms with van der Waals surface area (Å²) < 4.78 is 8.50. The number of rotatable bonds is 5. The zero-order valence-corrected chi connectivity index (χ0v) is 24.5. The Labute approximate surface area is 260 Å². The molecule has 0 atom stereocenters. The number of hydrogen-bond acceptors (Lipinski definition) is 2. The normalized spacial score (nSPS) is 11.6. The van der Waals surface area contributed by atoms with Crippen molar-refractivity contribution in [2.45, 2.75) is 0 Å². The molecular formula is C42H28N2O. The van der Waals surface area contributed by atoms with Crippen LogP contribution in [0, 0.1) is 0 Å². The lowest BCUT2D eigenvalue weighted by Gasteiger charge is -2.25. The van der Waals surface area contributed by atoms with Crippen LogP contribution in [-0.2, 0) is 0 Å². The fourth-order valence-corrected chi connectivity index (χ4v) is 6.69. The molecule has 212 valence electrons. The maximum atomic E-state index is 6.11. The lowest BCUT2D eigenvalue weighted by atomic mass is 10.0. The Morgan fingerprint density at radius 3 is 1.71 bits per heavy atom. The third kappa shape index (κ3) is 4.21. The number of fused-ring (bicyclic) bond motifs is 6. The van der Waals surface area contributed by atoms with Crippen LogP contribution in [0.3, 0.4) is 0 Å². The van der Waals surface area contributed by atoms with Gasteiger partial charge < -0.3 is 13.9 Å². The van der Waals surface area contributed by atoms with Crippen LogP contribution in [0.5, 0.6) is 0 Å². The third-order valence-electron chi connectivity index (χ3n) is 8.76.